The van der Waals surface area contributed by atoms with Gasteiger partial charge in [-0.15, -0.1) is 11.8 Å². The number of anilines is 1. The summed E-state index contributed by atoms with van der Waals surface area (Å²) < 4.78 is 18.6. The molecule has 3 rings (SSSR count). The smallest absolute Gasteiger partial charge is 0.238 e. The van der Waals surface area contributed by atoms with Gasteiger partial charge in [-0.25, -0.2) is 4.39 Å². The molecule has 1 heterocycles. The molecule has 1 unspecified atom stereocenters. The van der Waals surface area contributed by atoms with Crippen LogP contribution in [0.1, 0.15) is 10.9 Å². The third-order valence-electron chi connectivity index (χ3n) is 3.43. The van der Waals surface area contributed by atoms with Gasteiger partial charge in [0.1, 0.15) is 16.9 Å². The van der Waals surface area contributed by atoms with Crippen molar-refractivity contribution in [1.29, 1.82) is 0 Å². The molecule has 0 N–H and O–H groups in total. The molecule has 1 amide bonds. The Morgan fingerprint density at radius 3 is 2.86 bits per heavy atom. The number of carbonyl (C=O) groups excluding carboxylic acids is 1. The fraction of sp³-hybridized carbons (Fsp3) is 0.188. The number of hydrogen-bond donors (Lipinski definition) is 0. The van der Waals surface area contributed by atoms with E-state index in [-0.39, 0.29) is 16.3 Å². The summed E-state index contributed by atoms with van der Waals surface area (Å²) >= 11 is 7.36. The molecule has 2 aromatic rings. The predicted molar refractivity (Wildman–Crippen MR) is 87.1 cm³/mol. The third kappa shape index (κ3) is 2.78. The van der Waals surface area contributed by atoms with E-state index in [9.17, 15) is 9.18 Å². The van der Waals surface area contributed by atoms with Crippen LogP contribution in [-0.4, -0.2) is 18.8 Å². The molecule has 22 heavy (non-hydrogen) atoms. The highest BCUT2D eigenvalue weighted by atomic mass is 35.5. The van der Waals surface area contributed by atoms with E-state index in [0.29, 0.717) is 11.4 Å². The molecule has 1 saturated heterocycles. The van der Waals surface area contributed by atoms with Crippen molar-refractivity contribution in [1.82, 2.24) is 0 Å². The van der Waals surface area contributed by atoms with Crippen LogP contribution in [-0.2, 0) is 4.79 Å². The molecule has 3 nitrogen and oxygen atoms in total. The number of benzene rings is 2. The molecule has 1 aliphatic heterocycles. The van der Waals surface area contributed by atoms with Crippen molar-refractivity contribution in [2.24, 2.45) is 0 Å². The summed E-state index contributed by atoms with van der Waals surface area (Å²) in [5.74, 6) is 0.578. The molecule has 0 bridgehead atoms. The molecule has 1 aliphatic rings. The van der Waals surface area contributed by atoms with Crippen LogP contribution in [0.25, 0.3) is 0 Å². The van der Waals surface area contributed by atoms with Gasteiger partial charge in [0.15, 0.2) is 0 Å². The van der Waals surface area contributed by atoms with Gasteiger partial charge in [0.05, 0.1) is 17.9 Å². The van der Waals surface area contributed by atoms with Crippen molar-refractivity contribution < 1.29 is 13.9 Å². The van der Waals surface area contributed by atoms with E-state index < -0.39 is 5.82 Å². The Kier molecular flexibility index (Phi) is 4.27. The monoisotopic (exact) mass is 337 g/mol. The molecule has 6 heteroatoms. The maximum Gasteiger partial charge on any atom is 0.238 e. The van der Waals surface area contributed by atoms with Gasteiger partial charge in [-0.05, 0) is 35.9 Å². The number of hydrogen-bond acceptors (Lipinski definition) is 3. The first kappa shape index (κ1) is 15.2. The molecule has 0 aromatic heterocycles. The van der Waals surface area contributed by atoms with Gasteiger partial charge in [-0.1, -0.05) is 23.7 Å². The molecule has 0 radical (unpaired) electrons. The molecule has 0 spiro atoms. The third-order valence-corrected chi connectivity index (χ3v) is 4.93. The quantitative estimate of drug-likeness (QED) is 0.837. The average Bonchev–Trinajstić information content (AvgIpc) is 2.92. The minimum atomic E-state index is -0.498. The summed E-state index contributed by atoms with van der Waals surface area (Å²) in [5.41, 5.74) is 1.55. The zero-order valence-electron chi connectivity index (χ0n) is 11.8. The molecule has 0 aliphatic carbocycles. The van der Waals surface area contributed by atoms with E-state index in [0.717, 1.165) is 11.3 Å². The van der Waals surface area contributed by atoms with Gasteiger partial charge in [-0.3, -0.25) is 9.69 Å². The van der Waals surface area contributed by atoms with Crippen LogP contribution in [0, 0.1) is 5.82 Å². The number of methoxy groups -OCH3 is 1. The van der Waals surface area contributed by atoms with Crippen molar-refractivity contribution in [3.8, 4) is 5.75 Å². The number of halogens is 2. The number of ether oxygens (including phenoxy) is 1. The number of nitrogens with zero attached hydrogens (tertiary/aromatic N) is 1. The Hall–Kier alpha value is -1.72. The van der Waals surface area contributed by atoms with Gasteiger partial charge in [-0.2, -0.15) is 0 Å². The fourth-order valence-corrected chi connectivity index (χ4v) is 3.72. The van der Waals surface area contributed by atoms with Gasteiger partial charge in [0, 0.05) is 5.69 Å². The summed E-state index contributed by atoms with van der Waals surface area (Å²) in [4.78, 5) is 13.9. The number of rotatable bonds is 3. The summed E-state index contributed by atoms with van der Waals surface area (Å²) in [6, 6.07) is 11.9. The number of amides is 1. The summed E-state index contributed by atoms with van der Waals surface area (Å²) in [6.07, 6.45) is 0. The first-order chi connectivity index (χ1) is 10.6. The lowest BCUT2D eigenvalue weighted by molar-refractivity contribution is -0.115. The summed E-state index contributed by atoms with van der Waals surface area (Å²) in [7, 11) is 1.60. The molecular formula is C16H13ClFNO2S. The van der Waals surface area contributed by atoms with E-state index in [4.69, 9.17) is 16.3 Å². The van der Waals surface area contributed by atoms with Crippen LogP contribution in [0.5, 0.6) is 5.75 Å². The molecule has 2 aromatic carbocycles. The van der Waals surface area contributed by atoms with Crippen LogP contribution in [0.2, 0.25) is 5.02 Å². The zero-order chi connectivity index (χ0) is 15.7. The van der Waals surface area contributed by atoms with Crippen LogP contribution < -0.4 is 9.64 Å². The second-order valence-electron chi connectivity index (χ2n) is 4.80. The minimum absolute atomic E-state index is 0.00610. The second kappa shape index (κ2) is 6.18. The second-order valence-corrected chi connectivity index (χ2v) is 6.28. The first-order valence-electron chi connectivity index (χ1n) is 6.63. The normalized spacial score (nSPS) is 17.9. The Balaban J connectivity index is 1.99. The largest absolute Gasteiger partial charge is 0.497 e. The lowest BCUT2D eigenvalue weighted by Gasteiger charge is -2.24. The Labute approximate surface area is 137 Å². The highest BCUT2D eigenvalue weighted by molar-refractivity contribution is 8.00. The van der Waals surface area contributed by atoms with E-state index >= 15 is 0 Å². The highest BCUT2D eigenvalue weighted by Crippen LogP contribution is 2.43. The van der Waals surface area contributed by atoms with Gasteiger partial charge >= 0.3 is 0 Å². The van der Waals surface area contributed by atoms with Crippen molar-refractivity contribution in [3.63, 3.8) is 0 Å². The Morgan fingerprint density at radius 1 is 1.32 bits per heavy atom. The van der Waals surface area contributed by atoms with Crippen molar-refractivity contribution in [2.45, 2.75) is 5.37 Å². The van der Waals surface area contributed by atoms with Gasteiger partial charge < -0.3 is 4.74 Å². The van der Waals surface area contributed by atoms with Gasteiger partial charge in [0.25, 0.3) is 0 Å². The lowest BCUT2D eigenvalue weighted by atomic mass is 10.1. The van der Waals surface area contributed by atoms with Crippen LogP contribution in [0.4, 0.5) is 10.1 Å². The number of thioether (sulfide) groups is 1. The van der Waals surface area contributed by atoms with Gasteiger partial charge in [0.2, 0.25) is 5.91 Å². The molecule has 0 saturated carbocycles. The minimum Gasteiger partial charge on any atom is -0.497 e. The van der Waals surface area contributed by atoms with Crippen LogP contribution in [0.3, 0.4) is 0 Å². The van der Waals surface area contributed by atoms with Crippen molar-refractivity contribution in [3.05, 3.63) is 58.9 Å². The maximum atomic E-state index is 13.3. The molecule has 114 valence electrons. The first-order valence-corrected chi connectivity index (χ1v) is 8.05. The van der Waals surface area contributed by atoms with E-state index in [2.05, 4.69) is 0 Å². The lowest BCUT2D eigenvalue weighted by Crippen LogP contribution is -2.27. The topological polar surface area (TPSA) is 29.5 Å². The summed E-state index contributed by atoms with van der Waals surface area (Å²) in [5, 5.41) is -0.171. The molecule has 1 atom stereocenters. The maximum absolute atomic E-state index is 13.3. The fourth-order valence-electron chi connectivity index (χ4n) is 2.38. The van der Waals surface area contributed by atoms with Crippen molar-refractivity contribution >= 4 is 35.0 Å². The van der Waals surface area contributed by atoms with Crippen LogP contribution in [0.15, 0.2) is 42.5 Å². The van der Waals surface area contributed by atoms with Crippen molar-refractivity contribution in [2.75, 3.05) is 17.8 Å². The average molecular weight is 338 g/mol. The highest BCUT2D eigenvalue weighted by Gasteiger charge is 2.34. The molecular weight excluding hydrogens is 325 g/mol. The molecule has 1 fully saturated rings. The Morgan fingerprint density at radius 2 is 2.14 bits per heavy atom. The predicted octanol–water partition coefficient (Wildman–Crippen LogP) is 4.27. The summed E-state index contributed by atoms with van der Waals surface area (Å²) in [6.45, 7) is 0. The Bertz CT molecular complexity index is 725. The van der Waals surface area contributed by atoms with Crippen LogP contribution >= 0.6 is 23.4 Å². The van der Waals surface area contributed by atoms with E-state index in [1.807, 2.05) is 24.3 Å². The zero-order valence-corrected chi connectivity index (χ0v) is 13.3. The standard InChI is InChI=1S/C16H13ClFNO2S/c1-21-12-4-2-3-10(7-12)16-19(15(20)9-22-16)11-5-6-14(18)13(17)8-11/h2-8,16H,9H2,1H3. The van der Waals surface area contributed by atoms with E-state index in [1.165, 1.54) is 23.9 Å². The SMILES string of the molecule is COc1cccc(C2SCC(=O)N2c2ccc(F)c(Cl)c2)c1. The number of carbonyl (C=O) groups is 1. The van der Waals surface area contributed by atoms with E-state index in [1.54, 1.807) is 18.1 Å².